The number of nitrogens with zero attached hydrogens (tertiary/aromatic N) is 5. The first-order chi connectivity index (χ1) is 10.8. The SMILES string of the molecule is CC(=O)N1CCN(C(=O)c2cncnc2C)C[C@@H]1C(=O)N(C)C. The van der Waals surface area contributed by atoms with Gasteiger partial charge in [-0.2, -0.15) is 0 Å². The van der Waals surface area contributed by atoms with Crippen LogP contribution in [0, 0.1) is 6.92 Å². The smallest absolute Gasteiger partial charge is 0.257 e. The third-order valence-corrected chi connectivity index (χ3v) is 3.94. The Balaban J connectivity index is 2.23. The third kappa shape index (κ3) is 3.46. The van der Waals surface area contributed by atoms with Crippen LogP contribution in [0.2, 0.25) is 0 Å². The largest absolute Gasteiger partial charge is 0.347 e. The number of carbonyl (C=O) groups is 3. The topological polar surface area (TPSA) is 86.7 Å². The summed E-state index contributed by atoms with van der Waals surface area (Å²) in [6.07, 6.45) is 2.86. The number of hydrogen-bond donors (Lipinski definition) is 0. The van der Waals surface area contributed by atoms with Crippen molar-refractivity contribution in [2.24, 2.45) is 0 Å². The minimum absolute atomic E-state index is 0.170. The molecule has 1 aliphatic rings. The molecule has 8 heteroatoms. The zero-order valence-corrected chi connectivity index (χ0v) is 13.8. The van der Waals surface area contributed by atoms with Crippen LogP contribution in [-0.2, 0) is 9.59 Å². The van der Waals surface area contributed by atoms with Gasteiger partial charge in [-0.25, -0.2) is 9.97 Å². The maximum Gasteiger partial charge on any atom is 0.257 e. The van der Waals surface area contributed by atoms with Crippen LogP contribution in [0.5, 0.6) is 0 Å². The van der Waals surface area contributed by atoms with Crippen molar-refractivity contribution in [3.63, 3.8) is 0 Å². The molecule has 1 aromatic heterocycles. The van der Waals surface area contributed by atoms with Crippen molar-refractivity contribution in [2.75, 3.05) is 33.7 Å². The van der Waals surface area contributed by atoms with Crippen molar-refractivity contribution in [1.29, 1.82) is 0 Å². The summed E-state index contributed by atoms with van der Waals surface area (Å²) in [4.78, 5) is 49.2. The van der Waals surface area contributed by atoms with E-state index in [-0.39, 0.29) is 24.3 Å². The molecule has 1 atom stereocenters. The summed E-state index contributed by atoms with van der Waals surface area (Å²) in [7, 11) is 3.27. The van der Waals surface area contributed by atoms with E-state index in [1.165, 1.54) is 29.2 Å². The van der Waals surface area contributed by atoms with Gasteiger partial charge in [-0.3, -0.25) is 14.4 Å². The average Bonchev–Trinajstić information content (AvgIpc) is 2.53. The van der Waals surface area contributed by atoms with Crippen LogP contribution in [-0.4, -0.2) is 82.2 Å². The van der Waals surface area contributed by atoms with Crippen LogP contribution in [0.15, 0.2) is 12.5 Å². The number of rotatable bonds is 2. The Kier molecular flexibility index (Phi) is 4.92. The van der Waals surface area contributed by atoms with Crippen molar-refractivity contribution in [2.45, 2.75) is 19.9 Å². The summed E-state index contributed by atoms with van der Waals surface area (Å²) in [6.45, 7) is 4.05. The molecule has 0 aromatic carbocycles. The molecule has 0 N–H and O–H groups in total. The lowest BCUT2D eigenvalue weighted by atomic mass is 10.1. The molecule has 0 unspecified atom stereocenters. The molecule has 3 amide bonds. The highest BCUT2D eigenvalue weighted by molar-refractivity contribution is 5.96. The molecule has 1 fully saturated rings. The molecule has 0 bridgehead atoms. The number of amides is 3. The summed E-state index contributed by atoms with van der Waals surface area (Å²) in [5.41, 5.74) is 1.01. The van der Waals surface area contributed by atoms with Crippen molar-refractivity contribution in [1.82, 2.24) is 24.7 Å². The summed E-state index contributed by atoms with van der Waals surface area (Å²) >= 11 is 0. The standard InChI is InChI=1S/C15H21N5O3/c1-10-12(7-16-9-17-10)14(22)19-5-6-20(11(2)21)13(8-19)15(23)18(3)4/h7,9,13H,5-6,8H2,1-4H3/t13-/m1/s1. The lowest BCUT2D eigenvalue weighted by Crippen LogP contribution is -2.61. The first kappa shape index (κ1) is 16.9. The fourth-order valence-electron chi connectivity index (χ4n) is 2.62. The second-order valence-electron chi connectivity index (χ2n) is 5.73. The predicted molar refractivity (Wildman–Crippen MR) is 82.5 cm³/mol. The van der Waals surface area contributed by atoms with Crippen molar-refractivity contribution < 1.29 is 14.4 Å². The minimum atomic E-state index is -0.662. The molecule has 2 rings (SSSR count). The molecule has 2 heterocycles. The van der Waals surface area contributed by atoms with Gasteiger partial charge in [0.05, 0.1) is 17.8 Å². The van der Waals surface area contributed by atoms with Gasteiger partial charge in [0.1, 0.15) is 12.4 Å². The van der Waals surface area contributed by atoms with Crippen LogP contribution in [0.4, 0.5) is 0 Å². The van der Waals surface area contributed by atoms with Gasteiger partial charge in [-0.05, 0) is 6.92 Å². The van der Waals surface area contributed by atoms with Gasteiger partial charge in [0.2, 0.25) is 11.8 Å². The fourth-order valence-corrected chi connectivity index (χ4v) is 2.62. The predicted octanol–water partition coefficient (Wildman–Crippen LogP) is -0.454. The maximum absolute atomic E-state index is 12.7. The zero-order chi connectivity index (χ0) is 17.1. The second-order valence-corrected chi connectivity index (χ2v) is 5.73. The van der Waals surface area contributed by atoms with Gasteiger partial charge in [0.25, 0.3) is 5.91 Å². The quantitative estimate of drug-likeness (QED) is 0.736. The molecule has 0 spiro atoms. The van der Waals surface area contributed by atoms with Gasteiger partial charge in [0, 0.05) is 40.3 Å². The Bertz CT molecular complexity index is 631. The number of carbonyl (C=O) groups excluding carboxylic acids is 3. The number of piperazine rings is 1. The Hall–Kier alpha value is -2.51. The van der Waals surface area contributed by atoms with E-state index in [0.717, 1.165) is 0 Å². The van der Waals surface area contributed by atoms with E-state index in [0.29, 0.717) is 24.3 Å². The van der Waals surface area contributed by atoms with Crippen LogP contribution < -0.4 is 0 Å². The highest BCUT2D eigenvalue weighted by atomic mass is 16.2. The summed E-state index contributed by atoms with van der Waals surface area (Å²) in [5.74, 6) is -0.585. The fraction of sp³-hybridized carbons (Fsp3) is 0.533. The minimum Gasteiger partial charge on any atom is -0.347 e. The van der Waals surface area contributed by atoms with Crippen molar-refractivity contribution >= 4 is 17.7 Å². The number of hydrogen-bond acceptors (Lipinski definition) is 5. The Morgan fingerprint density at radius 3 is 2.52 bits per heavy atom. The van der Waals surface area contributed by atoms with Crippen LogP contribution >= 0.6 is 0 Å². The Morgan fingerprint density at radius 1 is 1.26 bits per heavy atom. The molecule has 1 aliphatic heterocycles. The summed E-state index contributed by atoms with van der Waals surface area (Å²) < 4.78 is 0. The van der Waals surface area contributed by atoms with E-state index in [4.69, 9.17) is 0 Å². The van der Waals surface area contributed by atoms with E-state index in [1.54, 1.807) is 25.9 Å². The van der Waals surface area contributed by atoms with Gasteiger partial charge >= 0.3 is 0 Å². The molecule has 0 radical (unpaired) electrons. The molecule has 1 aromatic rings. The Morgan fingerprint density at radius 2 is 1.96 bits per heavy atom. The maximum atomic E-state index is 12.7. The highest BCUT2D eigenvalue weighted by Crippen LogP contribution is 2.16. The third-order valence-electron chi connectivity index (χ3n) is 3.94. The molecule has 124 valence electrons. The lowest BCUT2D eigenvalue weighted by molar-refractivity contribution is -0.146. The van der Waals surface area contributed by atoms with Crippen LogP contribution in [0.1, 0.15) is 23.0 Å². The first-order valence-electron chi connectivity index (χ1n) is 7.37. The first-order valence-corrected chi connectivity index (χ1v) is 7.37. The van der Waals surface area contributed by atoms with E-state index < -0.39 is 6.04 Å². The van der Waals surface area contributed by atoms with Crippen LogP contribution in [0.3, 0.4) is 0 Å². The lowest BCUT2D eigenvalue weighted by Gasteiger charge is -2.41. The van der Waals surface area contributed by atoms with E-state index in [1.807, 2.05) is 0 Å². The molecule has 0 saturated carbocycles. The highest BCUT2D eigenvalue weighted by Gasteiger charge is 2.36. The van der Waals surface area contributed by atoms with E-state index in [2.05, 4.69) is 9.97 Å². The van der Waals surface area contributed by atoms with Gasteiger partial charge in [-0.15, -0.1) is 0 Å². The van der Waals surface area contributed by atoms with Gasteiger partial charge in [-0.1, -0.05) is 0 Å². The number of likely N-dealkylation sites (N-methyl/N-ethyl adjacent to an activating group) is 1. The molecular formula is C15H21N5O3. The Labute approximate surface area is 135 Å². The molecular weight excluding hydrogens is 298 g/mol. The number of aryl methyl sites for hydroxylation is 1. The second kappa shape index (κ2) is 6.72. The molecule has 1 saturated heterocycles. The van der Waals surface area contributed by atoms with Gasteiger partial charge in [0.15, 0.2) is 0 Å². The number of aromatic nitrogens is 2. The molecule has 8 nitrogen and oxygen atoms in total. The average molecular weight is 319 g/mol. The molecule has 23 heavy (non-hydrogen) atoms. The van der Waals surface area contributed by atoms with Crippen molar-refractivity contribution in [3.05, 3.63) is 23.8 Å². The summed E-state index contributed by atoms with van der Waals surface area (Å²) in [6, 6.07) is -0.662. The van der Waals surface area contributed by atoms with E-state index >= 15 is 0 Å². The molecule has 0 aliphatic carbocycles. The van der Waals surface area contributed by atoms with E-state index in [9.17, 15) is 14.4 Å². The zero-order valence-electron chi connectivity index (χ0n) is 13.8. The van der Waals surface area contributed by atoms with Crippen molar-refractivity contribution in [3.8, 4) is 0 Å². The van der Waals surface area contributed by atoms with Crippen LogP contribution in [0.25, 0.3) is 0 Å². The summed E-state index contributed by atoms with van der Waals surface area (Å²) in [5, 5.41) is 0. The monoisotopic (exact) mass is 319 g/mol. The van der Waals surface area contributed by atoms with Gasteiger partial charge < -0.3 is 14.7 Å². The normalized spacial score (nSPS) is 17.8.